The number of piperidine rings is 1. The maximum atomic E-state index is 4.61. The minimum atomic E-state index is 0.295. The molecule has 1 aliphatic heterocycles. The van der Waals surface area contributed by atoms with Crippen molar-refractivity contribution in [3.63, 3.8) is 0 Å². The zero-order valence-corrected chi connectivity index (χ0v) is 14.6. The summed E-state index contributed by atoms with van der Waals surface area (Å²) < 4.78 is 1.15. The first-order valence-electron chi connectivity index (χ1n) is 7.44. The van der Waals surface area contributed by atoms with Crippen molar-refractivity contribution in [2.24, 2.45) is 0 Å². The van der Waals surface area contributed by atoms with Crippen molar-refractivity contribution in [1.82, 2.24) is 4.98 Å². The van der Waals surface area contributed by atoms with Gasteiger partial charge in [0.15, 0.2) is 0 Å². The highest BCUT2D eigenvalue weighted by atomic mass is 79.9. The van der Waals surface area contributed by atoms with Crippen LogP contribution in [0.15, 0.2) is 34.2 Å². The van der Waals surface area contributed by atoms with Crippen LogP contribution in [0.2, 0.25) is 0 Å². The molecule has 0 aromatic carbocycles. The molecule has 1 fully saturated rings. The Morgan fingerprint density at radius 2 is 2.10 bits per heavy atom. The molecule has 21 heavy (non-hydrogen) atoms. The highest BCUT2D eigenvalue weighted by molar-refractivity contribution is 9.10. The molecule has 3 rings (SSSR count). The summed E-state index contributed by atoms with van der Waals surface area (Å²) in [6.45, 7) is 4.45. The van der Waals surface area contributed by atoms with Crippen molar-refractivity contribution in [2.75, 3.05) is 23.3 Å². The van der Waals surface area contributed by atoms with Crippen LogP contribution in [0.4, 0.5) is 11.5 Å². The van der Waals surface area contributed by atoms with Crippen LogP contribution in [-0.2, 0) is 0 Å². The standard InChI is InChI=1S/C16H20BrN3S/c1-12(15-9-13(17)11-21-15)19-14-5-6-16(18-10-14)20-7-3-2-4-8-20/h5-6,9-12,19H,2-4,7-8H2,1H3. The van der Waals surface area contributed by atoms with Gasteiger partial charge in [0.2, 0.25) is 0 Å². The van der Waals surface area contributed by atoms with Crippen molar-refractivity contribution >= 4 is 38.8 Å². The molecule has 5 heteroatoms. The van der Waals surface area contributed by atoms with E-state index in [9.17, 15) is 0 Å². The molecular formula is C16H20BrN3S. The molecule has 1 aliphatic rings. The van der Waals surface area contributed by atoms with Crippen LogP contribution < -0.4 is 10.2 Å². The van der Waals surface area contributed by atoms with Crippen LogP contribution in [-0.4, -0.2) is 18.1 Å². The van der Waals surface area contributed by atoms with Gasteiger partial charge in [-0.3, -0.25) is 0 Å². The van der Waals surface area contributed by atoms with E-state index in [1.807, 2.05) is 6.20 Å². The average Bonchev–Trinajstić information content (AvgIpc) is 2.96. The van der Waals surface area contributed by atoms with Crippen molar-refractivity contribution in [3.05, 3.63) is 39.1 Å². The number of aromatic nitrogens is 1. The van der Waals surface area contributed by atoms with Gasteiger partial charge in [-0.05, 0) is 60.3 Å². The molecule has 3 heterocycles. The maximum Gasteiger partial charge on any atom is 0.128 e. The van der Waals surface area contributed by atoms with Crippen molar-refractivity contribution < 1.29 is 0 Å². The molecule has 1 atom stereocenters. The highest BCUT2D eigenvalue weighted by Gasteiger charge is 2.12. The minimum absolute atomic E-state index is 0.295. The van der Waals surface area contributed by atoms with Crippen molar-refractivity contribution in [3.8, 4) is 0 Å². The number of hydrogen-bond donors (Lipinski definition) is 1. The van der Waals surface area contributed by atoms with E-state index in [-0.39, 0.29) is 0 Å². The Morgan fingerprint density at radius 3 is 2.71 bits per heavy atom. The first kappa shape index (κ1) is 14.9. The molecule has 112 valence electrons. The molecule has 0 spiro atoms. The number of nitrogens with one attached hydrogen (secondary N) is 1. The van der Waals surface area contributed by atoms with Crippen LogP contribution >= 0.6 is 27.3 Å². The van der Waals surface area contributed by atoms with Crippen LogP contribution in [0.25, 0.3) is 0 Å². The molecule has 3 nitrogen and oxygen atoms in total. The fourth-order valence-corrected chi connectivity index (χ4v) is 4.11. The van der Waals surface area contributed by atoms with Gasteiger partial charge < -0.3 is 10.2 Å². The predicted molar refractivity (Wildman–Crippen MR) is 94.4 cm³/mol. The second-order valence-corrected chi connectivity index (χ2v) is 7.34. The first-order valence-corrected chi connectivity index (χ1v) is 9.11. The molecular weight excluding hydrogens is 346 g/mol. The molecule has 0 amide bonds. The Morgan fingerprint density at radius 1 is 1.29 bits per heavy atom. The average molecular weight is 366 g/mol. The topological polar surface area (TPSA) is 28.2 Å². The smallest absolute Gasteiger partial charge is 0.128 e. The van der Waals surface area contributed by atoms with E-state index in [0.29, 0.717) is 6.04 Å². The van der Waals surface area contributed by atoms with Crippen LogP contribution in [0.5, 0.6) is 0 Å². The Bertz CT molecular complexity index is 575. The number of rotatable bonds is 4. The zero-order valence-electron chi connectivity index (χ0n) is 12.2. The predicted octanol–water partition coefficient (Wildman–Crippen LogP) is 5.07. The second-order valence-electron chi connectivity index (χ2n) is 5.49. The zero-order chi connectivity index (χ0) is 14.7. The van der Waals surface area contributed by atoms with E-state index in [1.165, 1.54) is 24.1 Å². The summed E-state index contributed by atoms with van der Waals surface area (Å²) in [7, 11) is 0. The number of anilines is 2. The molecule has 0 radical (unpaired) electrons. The minimum Gasteiger partial charge on any atom is -0.376 e. The number of halogens is 1. The summed E-state index contributed by atoms with van der Waals surface area (Å²) in [6.07, 6.45) is 5.87. The van der Waals surface area contributed by atoms with Crippen molar-refractivity contribution in [2.45, 2.75) is 32.2 Å². The van der Waals surface area contributed by atoms with Gasteiger partial charge in [-0.25, -0.2) is 4.98 Å². The largest absolute Gasteiger partial charge is 0.376 e. The molecule has 0 saturated carbocycles. The summed E-state index contributed by atoms with van der Waals surface area (Å²) in [5.74, 6) is 1.10. The third-order valence-corrected chi connectivity index (χ3v) is 5.70. The lowest BCUT2D eigenvalue weighted by Gasteiger charge is -2.27. The van der Waals surface area contributed by atoms with Gasteiger partial charge in [-0.15, -0.1) is 11.3 Å². The lowest BCUT2D eigenvalue weighted by molar-refractivity contribution is 0.573. The van der Waals surface area contributed by atoms with E-state index in [1.54, 1.807) is 11.3 Å². The highest BCUT2D eigenvalue weighted by Crippen LogP contribution is 2.28. The monoisotopic (exact) mass is 365 g/mol. The van der Waals surface area contributed by atoms with E-state index in [0.717, 1.165) is 29.1 Å². The van der Waals surface area contributed by atoms with Crippen molar-refractivity contribution in [1.29, 1.82) is 0 Å². The number of hydrogen-bond acceptors (Lipinski definition) is 4. The summed E-state index contributed by atoms with van der Waals surface area (Å²) in [6, 6.07) is 6.72. The molecule has 1 saturated heterocycles. The van der Waals surface area contributed by atoms with Gasteiger partial charge in [0.1, 0.15) is 5.82 Å². The summed E-state index contributed by atoms with van der Waals surface area (Å²) in [5, 5.41) is 5.63. The normalized spacial score (nSPS) is 16.8. The summed E-state index contributed by atoms with van der Waals surface area (Å²) in [4.78, 5) is 8.32. The van der Waals surface area contributed by atoms with Gasteiger partial charge in [0.05, 0.1) is 17.9 Å². The third kappa shape index (κ3) is 3.77. The second kappa shape index (κ2) is 6.79. The number of pyridine rings is 1. The van der Waals surface area contributed by atoms with Crippen LogP contribution in [0.3, 0.4) is 0 Å². The quantitative estimate of drug-likeness (QED) is 0.819. The van der Waals surface area contributed by atoms with Gasteiger partial charge in [-0.1, -0.05) is 0 Å². The third-order valence-electron chi connectivity index (χ3n) is 3.83. The van der Waals surface area contributed by atoms with E-state index in [2.05, 4.69) is 61.6 Å². The van der Waals surface area contributed by atoms with Gasteiger partial charge in [-0.2, -0.15) is 0 Å². The van der Waals surface area contributed by atoms with Gasteiger partial charge in [0, 0.05) is 27.8 Å². The Hall–Kier alpha value is -1.07. The lowest BCUT2D eigenvalue weighted by Crippen LogP contribution is -2.30. The molecule has 0 bridgehead atoms. The Labute approximate surface area is 138 Å². The van der Waals surface area contributed by atoms with Crippen LogP contribution in [0, 0.1) is 0 Å². The Balaban J connectivity index is 1.63. The van der Waals surface area contributed by atoms with Gasteiger partial charge in [0.25, 0.3) is 0 Å². The summed E-state index contributed by atoms with van der Waals surface area (Å²) >= 11 is 5.27. The van der Waals surface area contributed by atoms with E-state index < -0.39 is 0 Å². The molecule has 1 N–H and O–H groups in total. The first-order chi connectivity index (χ1) is 10.2. The lowest BCUT2D eigenvalue weighted by atomic mass is 10.1. The van der Waals surface area contributed by atoms with E-state index in [4.69, 9.17) is 0 Å². The maximum absolute atomic E-state index is 4.61. The number of thiophene rings is 1. The fraction of sp³-hybridized carbons (Fsp3) is 0.438. The number of nitrogens with zero attached hydrogens (tertiary/aromatic N) is 2. The molecule has 0 aliphatic carbocycles. The van der Waals surface area contributed by atoms with Crippen LogP contribution in [0.1, 0.15) is 37.1 Å². The fourth-order valence-electron chi connectivity index (χ4n) is 2.66. The Kier molecular flexibility index (Phi) is 4.80. The molecule has 1 unspecified atom stereocenters. The SMILES string of the molecule is CC(Nc1ccc(N2CCCCC2)nc1)c1cc(Br)cs1. The molecule has 2 aromatic rings. The summed E-state index contributed by atoms with van der Waals surface area (Å²) in [5.41, 5.74) is 1.08. The van der Waals surface area contributed by atoms with Gasteiger partial charge >= 0.3 is 0 Å². The van der Waals surface area contributed by atoms with E-state index >= 15 is 0 Å². The molecule has 2 aromatic heterocycles.